The van der Waals surface area contributed by atoms with Gasteiger partial charge in [-0.25, -0.2) is 0 Å². The fraction of sp³-hybridized carbons (Fsp3) is 0.286. The summed E-state index contributed by atoms with van der Waals surface area (Å²) in [6, 6.07) is 12.4. The van der Waals surface area contributed by atoms with Crippen molar-refractivity contribution in [2.45, 2.75) is 32.9 Å². The molecule has 1 aliphatic rings. The molecule has 0 bridgehead atoms. The van der Waals surface area contributed by atoms with Crippen LogP contribution in [-0.4, -0.2) is 26.7 Å². The van der Waals surface area contributed by atoms with E-state index in [4.69, 9.17) is 0 Å². The minimum absolute atomic E-state index is 0.142. The lowest BCUT2D eigenvalue weighted by Crippen LogP contribution is -2.30. The molecule has 5 nitrogen and oxygen atoms in total. The Bertz CT molecular complexity index is 829. The molecule has 1 aromatic heterocycles. The Morgan fingerprint density at radius 2 is 1.81 bits per heavy atom. The van der Waals surface area contributed by atoms with Gasteiger partial charge in [-0.15, -0.1) is 0 Å². The summed E-state index contributed by atoms with van der Waals surface area (Å²) in [7, 11) is 0. The number of aliphatic hydroxyl groups excluding tert-OH is 1. The smallest absolute Gasteiger partial charge is 0.290 e. The van der Waals surface area contributed by atoms with Crippen molar-refractivity contribution in [3.05, 3.63) is 77.3 Å². The summed E-state index contributed by atoms with van der Waals surface area (Å²) in [4.78, 5) is 31.1. The Morgan fingerprint density at radius 3 is 2.42 bits per heavy atom. The molecular weight excluding hydrogens is 328 g/mol. The largest absolute Gasteiger partial charge is 0.503 e. The summed E-state index contributed by atoms with van der Waals surface area (Å²) in [5.41, 5.74) is 1.90. The molecule has 1 aliphatic heterocycles. The Morgan fingerprint density at radius 1 is 1.15 bits per heavy atom. The highest BCUT2D eigenvalue weighted by atomic mass is 16.3. The topological polar surface area (TPSA) is 70.5 Å². The second-order valence-electron chi connectivity index (χ2n) is 6.89. The van der Waals surface area contributed by atoms with Crippen molar-refractivity contribution in [3.8, 4) is 0 Å². The molecule has 1 unspecified atom stereocenters. The van der Waals surface area contributed by atoms with E-state index in [1.807, 2.05) is 56.3 Å². The van der Waals surface area contributed by atoms with Crippen LogP contribution in [0, 0.1) is 5.92 Å². The van der Waals surface area contributed by atoms with Gasteiger partial charge in [-0.05, 0) is 29.2 Å². The summed E-state index contributed by atoms with van der Waals surface area (Å²) in [6.07, 6.45) is 3.61. The molecule has 1 aromatic carbocycles. The van der Waals surface area contributed by atoms with Crippen molar-refractivity contribution in [2.75, 3.05) is 0 Å². The molecule has 2 aromatic rings. The van der Waals surface area contributed by atoms with Crippen molar-refractivity contribution >= 4 is 11.7 Å². The van der Waals surface area contributed by atoms with Crippen LogP contribution in [0.4, 0.5) is 0 Å². The first-order chi connectivity index (χ1) is 12.5. The van der Waals surface area contributed by atoms with Gasteiger partial charge in [0, 0.05) is 25.4 Å². The van der Waals surface area contributed by atoms with Gasteiger partial charge in [-0.3, -0.25) is 14.6 Å². The number of benzene rings is 1. The third-order valence-electron chi connectivity index (χ3n) is 4.42. The van der Waals surface area contributed by atoms with Gasteiger partial charge in [0.25, 0.3) is 5.91 Å². The number of aliphatic hydroxyl groups is 1. The second-order valence-corrected chi connectivity index (χ2v) is 6.89. The first-order valence-corrected chi connectivity index (χ1v) is 8.70. The number of carbonyl (C=O) groups is 2. The molecule has 0 fully saturated rings. The van der Waals surface area contributed by atoms with Gasteiger partial charge in [0.05, 0.1) is 11.6 Å². The molecule has 5 heteroatoms. The van der Waals surface area contributed by atoms with E-state index in [2.05, 4.69) is 4.98 Å². The molecule has 1 N–H and O–H groups in total. The zero-order valence-electron chi connectivity index (χ0n) is 14.9. The van der Waals surface area contributed by atoms with Gasteiger partial charge in [0.15, 0.2) is 11.5 Å². The molecule has 3 rings (SSSR count). The van der Waals surface area contributed by atoms with Crippen LogP contribution in [0.5, 0.6) is 0 Å². The lowest BCUT2D eigenvalue weighted by molar-refractivity contribution is -0.130. The summed E-state index contributed by atoms with van der Waals surface area (Å²) in [5, 5.41) is 10.5. The van der Waals surface area contributed by atoms with Crippen LogP contribution in [0.15, 0.2) is 66.2 Å². The van der Waals surface area contributed by atoms with Crippen LogP contribution >= 0.6 is 0 Å². The van der Waals surface area contributed by atoms with E-state index in [-0.39, 0.29) is 17.3 Å². The average molecular weight is 350 g/mol. The quantitative estimate of drug-likeness (QED) is 0.864. The van der Waals surface area contributed by atoms with Crippen molar-refractivity contribution < 1.29 is 14.7 Å². The van der Waals surface area contributed by atoms with Crippen molar-refractivity contribution in [2.24, 2.45) is 5.92 Å². The molecule has 1 amide bonds. The van der Waals surface area contributed by atoms with E-state index in [0.29, 0.717) is 13.0 Å². The van der Waals surface area contributed by atoms with E-state index < -0.39 is 17.7 Å². The van der Waals surface area contributed by atoms with E-state index >= 15 is 0 Å². The molecule has 1 atom stereocenters. The SMILES string of the molecule is CC(C)CC(=O)C1=C(O)C(=O)N(Cc2ccncc2)C1c1ccccc1. The monoisotopic (exact) mass is 350 g/mol. The molecular formula is C21H22N2O3. The Kier molecular flexibility index (Phi) is 5.16. The molecule has 134 valence electrons. The predicted octanol–water partition coefficient (Wildman–Crippen LogP) is 3.59. The summed E-state index contributed by atoms with van der Waals surface area (Å²) in [6.45, 7) is 4.18. The lowest BCUT2D eigenvalue weighted by Gasteiger charge is -2.27. The third-order valence-corrected chi connectivity index (χ3v) is 4.42. The maximum atomic E-state index is 12.8. The maximum absolute atomic E-state index is 12.8. The van der Waals surface area contributed by atoms with Crippen LogP contribution in [0.3, 0.4) is 0 Å². The first kappa shape index (κ1) is 17.9. The van der Waals surface area contributed by atoms with E-state index in [1.54, 1.807) is 17.3 Å². The maximum Gasteiger partial charge on any atom is 0.290 e. The van der Waals surface area contributed by atoms with Crippen molar-refractivity contribution in [1.29, 1.82) is 0 Å². The predicted molar refractivity (Wildman–Crippen MR) is 98.1 cm³/mol. The van der Waals surface area contributed by atoms with Crippen LogP contribution < -0.4 is 0 Å². The van der Waals surface area contributed by atoms with Gasteiger partial charge < -0.3 is 10.0 Å². The average Bonchev–Trinajstić information content (AvgIpc) is 2.88. The van der Waals surface area contributed by atoms with Crippen LogP contribution in [-0.2, 0) is 16.1 Å². The Labute approximate surface area is 153 Å². The number of carbonyl (C=O) groups excluding carboxylic acids is 2. The van der Waals surface area contributed by atoms with E-state index in [9.17, 15) is 14.7 Å². The molecule has 0 radical (unpaired) electrons. The zero-order chi connectivity index (χ0) is 18.7. The van der Waals surface area contributed by atoms with Crippen molar-refractivity contribution in [3.63, 3.8) is 0 Å². The number of ketones is 1. The van der Waals surface area contributed by atoms with Gasteiger partial charge in [0.1, 0.15) is 0 Å². The highest BCUT2D eigenvalue weighted by molar-refractivity contribution is 6.08. The molecule has 0 aliphatic carbocycles. The molecule has 0 spiro atoms. The first-order valence-electron chi connectivity index (χ1n) is 8.70. The number of amides is 1. The normalized spacial score (nSPS) is 17.3. The van der Waals surface area contributed by atoms with Gasteiger partial charge in [-0.2, -0.15) is 0 Å². The lowest BCUT2D eigenvalue weighted by atomic mass is 9.92. The Hall–Kier alpha value is -2.95. The third kappa shape index (κ3) is 3.52. The minimum Gasteiger partial charge on any atom is -0.503 e. The summed E-state index contributed by atoms with van der Waals surface area (Å²) in [5.74, 6) is -0.984. The van der Waals surface area contributed by atoms with Crippen LogP contribution in [0.1, 0.15) is 37.4 Å². The molecule has 0 saturated heterocycles. The number of hydrogen-bond acceptors (Lipinski definition) is 4. The second kappa shape index (κ2) is 7.52. The van der Waals surface area contributed by atoms with Gasteiger partial charge >= 0.3 is 0 Å². The number of pyridine rings is 1. The fourth-order valence-electron chi connectivity index (χ4n) is 3.25. The highest BCUT2D eigenvalue weighted by Crippen LogP contribution is 2.39. The minimum atomic E-state index is -0.580. The fourth-order valence-corrected chi connectivity index (χ4v) is 3.25. The molecule has 26 heavy (non-hydrogen) atoms. The molecule has 0 saturated carbocycles. The number of Topliss-reactive ketones (excluding diaryl/α,β-unsaturated/α-hetero) is 1. The number of rotatable bonds is 6. The van der Waals surface area contributed by atoms with Crippen molar-refractivity contribution in [1.82, 2.24) is 9.88 Å². The number of hydrogen-bond donors (Lipinski definition) is 1. The number of aromatic nitrogens is 1. The van der Waals surface area contributed by atoms with Gasteiger partial charge in [-0.1, -0.05) is 44.2 Å². The summed E-state index contributed by atoms with van der Waals surface area (Å²) < 4.78 is 0. The van der Waals surface area contributed by atoms with E-state index in [1.165, 1.54) is 0 Å². The van der Waals surface area contributed by atoms with Crippen LogP contribution in [0.25, 0.3) is 0 Å². The zero-order valence-corrected chi connectivity index (χ0v) is 14.9. The highest BCUT2D eigenvalue weighted by Gasteiger charge is 2.43. The molecule has 2 heterocycles. The number of nitrogens with zero attached hydrogens (tertiary/aromatic N) is 2. The Balaban J connectivity index is 2.02. The van der Waals surface area contributed by atoms with E-state index in [0.717, 1.165) is 11.1 Å². The van der Waals surface area contributed by atoms with Crippen LogP contribution in [0.2, 0.25) is 0 Å². The summed E-state index contributed by atoms with van der Waals surface area (Å²) >= 11 is 0. The standard InChI is InChI=1S/C21H22N2O3/c1-14(2)12-17(24)18-19(16-6-4-3-5-7-16)23(21(26)20(18)25)13-15-8-10-22-11-9-15/h3-11,14,19,25H,12-13H2,1-2H3. The van der Waals surface area contributed by atoms with Gasteiger partial charge in [0.2, 0.25) is 0 Å².